The van der Waals surface area contributed by atoms with Crippen molar-refractivity contribution in [2.75, 3.05) is 69.3 Å². The van der Waals surface area contributed by atoms with Crippen molar-refractivity contribution in [3.63, 3.8) is 0 Å². The van der Waals surface area contributed by atoms with Gasteiger partial charge in [0.15, 0.2) is 16.8 Å². The van der Waals surface area contributed by atoms with E-state index in [9.17, 15) is 9.59 Å². The summed E-state index contributed by atoms with van der Waals surface area (Å²) >= 11 is 30.6. The number of carbonyl (C=O) groups excluding carboxylic acids is 1. The Morgan fingerprint density at radius 2 is 1.08 bits per heavy atom. The molecule has 0 bridgehead atoms. The van der Waals surface area contributed by atoms with Gasteiger partial charge in [-0.3, -0.25) is 0 Å². The van der Waals surface area contributed by atoms with Gasteiger partial charge in [0.05, 0.1) is 32.6 Å². The van der Waals surface area contributed by atoms with Crippen molar-refractivity contribution >= 4 is 103 Å². The summed E-state index contributed by atoms with van der Waals surface area (Å²) in [6.07, 6.45) is -1.22. The number of hydrogen-bond acceptors (Lipinski definition) is 10. The molecule has 0 atom stereocenters. The summed E-state index contributed by atoms with van der Waals surface area (Å²) in [5.74, 6) is 1.70. The molecule has 2 saturated heterocycles. The summed E-state index contributed by atoms with van der Waals surface area (Å²) < 4.78 is 10.7. The van der Waals surface area contributed by atoms with Crippen LogP contribution in [-0.4, -0.2) is 113 Å². The number of carboxylic acid groups (broad SMARTS) is 1. The maximum absolute atomic E-state index is 12.2. The van der Waals surface area contributed by atoms with Crippen molar-refractivity contribution in [1.82, 2.24) is 30.2 Å². The highest BCUT2D eigenvalue weighted by Crippen LogP contribution is 2.37. The van der Waals surface area contributed by atoms with Crippen molar-refractivity contribution in [2.45, 2.75) is 26.4 Å². The van der Waals surface area contributed by atoms with Crippen LogP contribution in [0.3, 0.4) is 0 Å². The second kappa shape index (κ2) is 15.2. The Morgan fingerprint density at radius 3 is 1.55 bits per heavy atom. The lowest BCUT2D eigenvalue weighted by atomic mass is 10.1. The second-order valence-electron chi connectivity index (χ2n) is 12.2. The predicted molar refractivity (Wildman–Crippen MR) is 193 cm³/mol. The van der Waals surface area contributed by atoms with Gasteiger partial charge in [-0.25, -0.2) is 9.59 Å². The zero-order valence-corrected chi connectivity index (χ0v) is 30.8. The van der Waals surface area contributed by atoms with Crippen LogP contribution in [0.25, 0.3) is 21.5 Å². The predicted octanol–water partition coefficient (Wildman–Crippen LogP) is 7.39. The molecule has 0 radical (unpaired) electrons. The van der Waals surface area contributed by atoms with E-state index >= 15 is 0 Å². The van der Waals surface area contributed by atoms with Gasteiger partial charge in [0.2, 0.25) is 5.88 Å². The molecule has 0 unspecified atom stereocenters. The average molecular weight is 775 g/mol. The molecular weight excluding hydrogens is 742 g/mol. The molecule has 2 aromatic carbocycles. The second-order valence-corrected chi connectivity index (χ2v) is 14.2. The number of ether oxygens (including phenoxy) is 2. The summed E-state index contributed by atoms with van der Waals surface area (Å²) in [4.78, 5) is 30.3. The van der Waals surface area contributed by atoms with Crippen LogP contribution in [0.5, 0.6) is 5.88 Å². The number of carbonyl (C=O) groups is 2. The smallest absolute Gasteiger partial charge is 0.410 e. The van der Waals surface area contributed by atoms with Crippen molar-refractivity contribution < 1.29 is 24.2 Å². The van der Waals surface area contributed by atoms with E-state index < -0.39 is 11.7 Å². The fraction of sp³-hybridized carbons (Fsp3) is 0.419. The third-order valence-electron chi connectivity index (χ3n) is 7.80. The van der Waals surface area contributed by atoms with Gasteiger partial charge >= 0.3 is 12.2 Å². The molecule has 0 spiro atoms. The number of methoxy groups -OCH3 is 1. The lowest BCUT2D eigenvalue weighted by Gasteiger charge is -2.36. The topological polar surface area (TPSA) is 137 Å². The fourth-order valence-corrected chi connectivity index (χ4v) is 6.21. The minimum absolute atomic E-state index is 0.251. The zero-order chi connectivity index (χ0) is 35.6. The summed E-state index contributed by atoms with van der Waals surface area (Å²) in [7, 11) is 1.53. The summed E-state index contributed by atoms with van der Waals surface area (Å²) in [5, 5.41) is 30.4. The number of halogens is 5. The van der Waals surface area contributed by atoms with E-state index in [1.165, 1.54) is 12.0 Å². The zero-order valence-electron chi connectivity index (χ0n) is 27.0. The molecule has 0 saturated carbocycles. The highest BCUT2D eigenvalue weighted by molar-refractivity contribution is 6.44. The van der Waals surface area contributed by atoms with Crippen LogP contribution < -0.4 is 14.5 Å². The van der Waals surface area contributed by atoms with Crippen LogP contribution >= 0.6 is 58.0 Å². The standard InChI is InChI=1S/C18H22Cl2N4O3.C13H11Cl3N4O2/c1-18(2,3)27-17(25)24-7-5-23(6-8-24)15-11-9-13(19)14(20)10-12(11)16(26-4)22-21-15;14-9-5-7-8(6-10(9)15)12(18-17-11(7)16)19-1-3-20(4-2-19)13(21)22/h9-10H,5-8H2,1-4H3;5-6H,1-4H2,(H,21,22). The number of fused-ring (bicyclic) bond motifs is 2. The molecule has 13 nitrogen and oxygen atoms in total. The maximum atomic E-state index is 12.2. The number of anilines is 2. The van der Waals surface area contributed by atoms with Gasteiger partial charge in [0.25, 0.3) is 0 Å². The molecule has 49 heavy (non-hydrogen) atoms. The molecule has 262 valence electrons. The average Bonchev–Trinajstić information content (AvgIpc) is 3.06. The number of nitrogens with zero attached hydrogens (tertiary/aromatic N) is 8. The minimum atomic E-state index is -0.915. The summed E-state index contributed by atoms with van der Waals surface area (Å²) in [6, 6.07) is 6.87. The van der Waals surface area contributed by atoms with E-state index in [0.717, 1.165) is 16.2 Å². The van der Waals surface area contributed by atoms with Crippen molar-refractivity contribution in [3.05, 3.63) is 49.5 Å². The largest absolute Gasteiger partial charge is 0.479 e. The third-order valence-corrected chi connectivity index (χ3v) is 9.52. The van der Waals surface area contributed by atoms with Crippen LogP contribution in [0.15, 0.2) is 24.3 Å². The van der Waals surface area contributed by atoms with E-state index in [4.69, 9.17) is 72.6 Å². The molecule has 1 N–H and O–H groups in total. The molecule has 2 fully saturated rings. The van der Waals surface area contributed by atoms with Gasteiger partial charge in [0, 0.05) is 68.5 Å². The van der Waals surface area contributed by atoms with Crippen LogP contribution in [0.2, 0.25) is 25.2 Å². The van der Waals surface area contributed by atoms with Crippen molar-refractivity contribution in [1.29, 1.82) is 0 Å². The van der Waals surface area contributed by atoms with E-state index in [2.05, 4.69) is 25.3 Å². The molecular formula is C31H33Cl5N8O5. The van der Waals surface area contributed by atoms with E-state index in [0.29, 0.717) is 95.4 Å². The van der Waals surface area contributed by atoms with Crippen LogP contribution in [0.4, 0.5) is 21.2 Å². The Balaban J connectivity index is 0.000000195. The van der Waals surface area contributed by atoms with Gasteiger partial charge < -0.3 is 34.2 Å². The molecule has 2 aliphatic rings. The molecule has 2 aromatic heterocycles. The lowest BCUT2D eigenvalue weighted by Crippen LogP contribution is -2.50. The monoisotopic (exact) mass is 772 g/mol. The third kappa shape index (κ3) is 8.46. The Bertz CT molecular complexity index is 1880. The van der Waals surface area contributed by atoms with Crippen molar-refractivity contribution in [3.8, 4) is 5.88 Å². The number of amides is 2. The van der Waals surface area contributed by atoms with E-state index in [1.54, 1.807) is 29.2 Å². The number of rotatable bonds is 3. The molecule has 2 amide bonds. The van der Waals surface area contributed by atoms with Crippen LogP contribution in [0, 0.1) is 0 Å². The molecule has 18 heteroatoms. The molecule has 4 heterocycles. The molecule has 2 aliphatic heterocycles. The highest BCUT2D eigenvalue weighted by atomic mass is 35.5. The van der Waals surface area contributed by atoms with Gasteiger partial charge in [-0.05, 0) is 45.0 Å². The minimum Gasteiger partial charge on any atom is -0.479 e. The molecule has 6 rings (SSSR count). The Kier molecular flexibility index (Phi) is 11.4. The number of piperazine rings is 2. The Hall–Kier alpha value is -3.49. The van der Waals surface area contributed by atoms with Gasteiger partial charge in [-0.15, -0.1) is 20.4 Å². The van der Waals surface area contributed by atoms with Gasteiger partial charge in [-0.2, -0.15) is 0 Å². The van der Waals surface area contributed by atoms with Crippen LogP contribution in [-0.2, 0) is 4.74 Å². The number of hydrogen-bond donors (Lipinski definition) is 1. The SMILES string of the molecule is COc1nnc(N2CCN(C(=O)OC(C)(C)C)CC2)c2cc(Cl)c(Cl)cc12.O=C(O)N1CCN(c2nnc(Cl)c3cc(Cl)c(Cl)cc23)CC1. The van der Waals surface area contributed by atoms with Crippen molar-refractivity contribution in [2.24, 2.45) is 0 Å². The first kappa shape index (κ1) is 36.8. The first-order valence-corrected chi connectivity index (χ1v) is 17.0. The van der Waals surface area contributed by atoms with E-state index in [-0.39, 0.29) is 11.2 Å². The maximum Gasteiger partial charge on any atom is 0.410 e. The fourth-order valence-electron chi connectivity index (χ4n) is 5.37. The van der Waals surface area contributed by atoms with Gasteiger partial charge in [0.1, 0.15) is 5.60 Å². The quantitative estimate of drug-likeness (QED) is 0.223. The Labute approximate surface area is 307 Å². The van der Waals surface area contributed by atoms with Crippen LogP contribution in [0.1, 0.15) is 20.8 Å². The number of benzene rings is 2. The first-order chi connectivity index (χ1) is 23.2. The lowest BCUT2D eigenvalue weighted by molar-refractivity contribution is 0.0240. The normalized spacial score (nSPS) is 15.3. The van der Waals surface area contributed by atoms with Gasteiger partial charge in [-0.1, -0.05) is 58.0 Å². The Morgan fingerprint density at radius 1 is 0.653 bits per heavy atom. The summed E-state index contributed by atoms with van der Waals surface area (Å²) in [6.45, 7) is 9.71. The van der Waals surface area contributed by atoms with E-state index in [1.807, 2.05) is 25.7 Å². The summed E-state index contributed by atoms with van der Waals surface area (Å²) in [5.41, 5.74) is -0.512. The first-order valence-electron chi connectivity index (χ1n) is 15.1. The molecule has 0 aliphatic carbocycles. The number of aromatic nitrogens is 4. The molecule has 4 aromatic rings. The highest BCUT2D eigenvalue weighted by Gasteiger charge is 2.28.